The van der Waals surface area contributed by atoms with Crippen LogP contribution in [0.15, 0.2) is 76.1 Å². The molecule has 0 saturated carbocycles. The second-order valence-electron chi connectivity index (χ2n) is 4.67. The Morgan fingerprint density at radius 1 is 0.818 bits per heavy atom. The quantitative estimate of drug-likeness (QED) is 0.445. The summed E-state index contributed by atoms with van der Waals surface area (Å²) in [6.07, 6.45) is 1.23. The Labute approximate surface area is 138 Å². The van der Waals surface area contributed by atoms with E-state index in [0.29, 0.717) is 5.57 Å². The molecule has 4 heteroatoms. The molecule has 2 aromatic rings. The number of hydrogen-bond acceptors (Lipinski definition) is 3. The number of benzene rings is 2. The van der Waals surface area contributed by atoms with Gasteiger partial charge in [0, 0.05) is 11.6 Å². The number of halogens is 1. The average molecular weight is 403 g/mol. The summed E-state index contributed by atoms with van der Waals surface area (Å²) < 4.78 is 1.25. The molecule has 0 unspecified atom stereocenters. The monoisotopic (exact) mass is 403 g/mol. The maximum atomic E-state index is 12.1. The summed E-state index contributed by atoms with van der Waals surface area (Å²) in [4.78, 5) is 24.1. The lowest BCUT2D eigenvalue weighted by Gasteiger charge is -2.10. The van der Waals surface area contributed by atoms with Gasteiger partial charge in [0.25, 0.3) is 9.36 Å². The lowest BCUT2D eigenvalue weighted by molar-refractivity contribution is -0.571. The highest BCUT2D eigenvalue weighted by Crippen LogP contribution is 2.25. The van der Waals surface area contributed by atoms with E-state index in [9.17, 15) is 14.7 Å². The molecule has 0 fully saturated rings. The molecule has 1 N–H and O–H groups in total. The molecule has 3 nitrogen and oxygen atoms in total. The summed E-state index contributed by atoms with van der Waals surface area (Å²) in [5, 5.41) is 10.5. The van der Waals surface area contributed by atoms with Crippen molar-refractivity contribution in [2.75, 3.05) is 0 Å². The third-order valence-corrected chi connectivity index (χ3v) is 6.07. The average Bonchev–Trinajstić information content (AvgIpc) is 2.57. The lowest BCUT2D eigenvalue weighted by atomic mass is 9.97. The third kappa shape index (κ3) is 2.87. The molecule has 0 amide bonds. The minimum absolute atomic E-state index is 0.0625. The van der Waals surface area contributed by atoms with Gasteiger partial charge in [-0.2, -0.15) is 0 Å². The molecule has 3 rings (SSSR count). The first-order chi connectivity index (χ1) is 10.7. The largest absolute Gasteiger partial charge is 0.503 e. The summed E-state index contributed by atoms with van der Waals surface area (Å²) in [7, 11) is 0. The molecule has 108 valence electrons. The molecule has 0 aromatic heterocycles. The second-order valence-corrected chi connectivity index (χ2v) is 7.53. The van der Waals surface area contributed by atoms with Crippen molar-refractivity contribution >= 4 is 17.1 Å². The number of allylic oxidation sites excluding steroid dienone is 3. The van der Waals surface area contributed by atoms with Crippen molar-refractivity contribution in [1.82, 2.24) is 0 Å². The first-order valence-corrected chi connectivity index (χ1v) is 8.82. The summed E-state index contributed by atoms with van der Waals surface area (Å²) in [5.74, 6) is -1.22. The zero-order valence-electron chi connectivity index (χ0n) is 11.5. The topological polar surface area (TPSA) is 54.4 Å². The molecule has 1 aliphatic carbocycles. The van der Waals surface area contributed by atoms with E-state index in [-0.39, 0.29) is 9.34 Å². The van der Waals surface area contributed by atoms with Gasteiger partial charge >= 0.3 is 21.2 Å². The van der Waals surface area contributed by atoms with E-state index in [2.05, 4.69) is 0 Å². The van der Waals surface area contributed by atoms with Gasteiger partial charge in [0.05, 0.1) is 0 Å². The van der Waals surface area contributed by atoms with Crippen LogP contribution in [0.4, 0.5) is 0 Å². The van der Waals surface area contributed by atoms with E-state index in [4.69, 9.17) is 0 Å². The zero-order chi connectivity index (χ0) is 15.5. The van der Waals surface area contributed by atoms with Crippen molar-refractivity contribution in [2.45, 2.75) is 0 Å². The van der Waals surface area contributed by atoms with Crippen LogP contribution in [0, 0.1) is 3.57 Å². The molecule has 1 aliphatic rings. The van der Waals surface area contributed by atoms with Crippen LogP contribution in [0.2, 0.25) is 0 Å². The Bertz CT molecular complexity index is 790. The van der Waals surface area contributed by atoms with Gasteiger partial charge in [-0.1, -0.05) is 48.5 Å². The minimum atomic E-state index is -0.903. The highest BCUT2D eigenvalue weighted by atomic mass is 127. The van der Waals surface area contributed by atoms with Crippen molar-refractivity contribution in [1.29, 1.82) is 0 Å². The minimum Gasteiger partial charge on any atom is -0.503 e. The molecule has 0 bridgehead atoms. The maximum absolute atomic E-state index is 12.1. The van der Waals surface area contributed by atoms with Crippen LogP contribution < -0.4 is 21.2 Å². The van der Waals surface area contributed by atoms with Gasteiger partial charge < -0.3 is 5.11 Å². The van der Waals surface area contributed by atoms with E-state index in [0.717, 1.165) is 9.13 Å². The van der Waals surface area contributed by atoms with Crippen molar-refractivity contribution in [3.05, 3.63) is 85.2 Å². The van der Waals surface area contributed by atoms with Crippen molar-refractivity contribution in [3.63, 3.8) is 0 Å². The SMILES string of the molecule is O=C1C=C(c2ccccc2)C(O)=C([I+]c2ccccc2)C1=O. The number of aliphatic hydroxyl groups excluding tert-OH is 1. The Kier molecular flexibility index (Phi) is 4.20. The predicted octanol–water partition coefficient (Wildman–Crippen LogP) is -0.0498. The van der Waals surface area contributed by atoms with Gasteiger partial charge in [0.1, 0.15) is 0 Å². The van der Waals surface area contributed by atoms with Crippen LogP contribution in [0.3, 0.4) is 0 Å². The summed E-state index contributed by atoms with van der Waals surface area (Å²) in [6, 6.07) is 18.6. The standard InChI is InChI=1S/C18H11IO3/c20-15-11-14(12-7-3-1-4-8-12)17(21)16(18(15)22)19-13-9-5-2-6-10-13/h1-11H/p+1. The Morgan fingerprint density at radius 2 is 1.41 bits per heavy atom. The number of carbonyl (C=O) groups excluding carboxylic acids is 2. The third-order valence-electron chi connectivity index (χ3n) is 3.18. The maximum Gasteiger partial charge on any atom is 0.366 e. The molecule has 2 aromatic carbocycles. The van der Waals surface area contributed by atoms with E-state index in [1.807, 2.05) is 60.7 Å². The van der Waals surface area contributed by atoms with Crippen molar-refractivity contribution in [3.8, 4) is 0 Å². The molecule has 22 heavy (non-hydrogen) atoms. The smallest absolute Gasteiger partial charge is 0.366 e. The van der Waals surface area contributed by atoms with Crippen LogP contribution in [0.1, 0.15) is 5.56 Å². The van der Waals surface area contributed by atoms with E-state index in [1.165, 1.54) is 6.08 Å². The highest BCUT2D eigenvalue weighted by Gasteiger charge is 2.39. The van der Waals surface area contributed by atoms with Crippen LogP contribution in [-0.2, 0) is 9.59 Å². The number of carbonyl (C=O) groups is 2. The van der Waals surface area contributed by atoms with Crippen LogP contribution in [-0.4, -0.2) is 16.7 Å². The predicted molar refractivity (Wildman–Crippen MR) is 79.2 cm³/mol. The molecule has 0 spiro atoms. The van der Waals surface area contributed by atoms with Crippen LogP contribution >= 0.6 is 0 Å². The Morgan fingerprint density at radius 3 is 2.05 bits per heavy atom. The second kappa shape index (κ2) is 6.27. The van der Waals surface area contributed by atoms with E-state index < -0.39 is 32.8 Å². The number of aliphatic hydroxyl groups is 1. The van der Waals surface area contributed by atoms with Gasteiger partial charge in [-0.05, 0) is 17.7 Å². The van der Waals surface area contributed by atoms with E-state index in [1.54, 1.807) is 0 Å². The highest BCUT2D eigenvalue weighted by molar-refractivity contribution is 6.49. The number of rotatable bonds is 3. The van der Waals surface area contributed by atoms with Crippen molar-refractivity contribution in [2.24, 2.45) is 0 Å². The molecule has 0 aliphatic heterocycles. The van der Waals surface area contributed by atoms with Crippen LogP contribution in [0.25, 0.3) is 5.57 Å². The number of ketones is 2. The fraction of sp³-hybridized carbons (Fsp3) is 0. The van der Waals surface area contributed by atoms with Gasteiger partial charge in [-0.25, -0.2) is 0 Å². The number of Topliss-reactive ketones (excluding diaryl/α,β-unsaturated/α-hetero) is 1. The van der Waals surface area contributed by atoms with Gasteiger partial charge in [0.2, 0.25) is 5.78 Å². The normalized spacial score (nSPS) is 15.0. The molecule has 0 radical (unpaired) electrons. The van der Waals surface area contributed by atoms with Gasteiger partial charge in [-0.3, -0.25) is 9.59 Å². The first-order valence-electron chi connectivity index (χ1n) is 6.66. The summed E-state index contributed by atoms with van der Waals surface area (Å²) >= 11 is -0.903. The molecular weight excluding hydrogens is 391 g/mol. The first kappa shape index (κ1) is 14.7. The molecule has 0 saturated heterocycles. The number of hydrogen-bond donors (Lipinski definition) is 1. The fourth-order valence-corrected chi connectivity index (χ4v) is 4.57. The lowest BCUT2D eigenvalue weighted by Crippen LogP contribution is -3.61. The van der Waals surface area contributed by atoms with Crippen molar-refractivity contribution < 1.29 is 35.9 Å². The van der Waals surface area contributed by atoms with Crippen LogP contribution in [0.5, 0.6) is 0 Å². The molecule has 0 heterocycles. The van der Waals surface area contributed by atoms with E-state index >= 15 is 0 Å². The van der Waals surface area contributed by atoms with Gasteiger partial charge in [0.15, 0.2) is 9.33 Å². The summed E-state index contributed by atoms with van der Waals surface area (Å²) in [6.45, 7) is 0. The Balaban J connectivity index is 2.04. The van der Waals surface area contributed by atoms with Gasteiger partial charge in [-0.15, -0.1) is 0 Å². The molecular formula is C18H12IO3+. The Hall–Kier alpha value is -2.21. The molecule has 0 atom stereocenters. The summed E-state index contributed by atoms with van der Waals surface area (Å²) in [5.41, 5.74) is 1.16. The fourth-order valence-electron chi connectivity index (χ4n) is 2.11. The zero-order valence-corrected chi connectivity index (χ0v) is 13.7.